The summed E-state index contributed by atoms with van der Waals surface area (Å²) in [5, 5.41) is 46.2. The molecule has 2 fully saturated rings. The fourth-order valence-corrected chi connectivity index (χ4v) is 8.62. The third-order valence-corrected chi connectivity index (χ3v) is 12.0. The van der Waals surface area contributed by atoms with E-state index >= 15 is 4.39 Å². The molecule has 16 nitrogen and oxygen atoms in total. The number of phosphoric acid groups is 1. The number of nitrogen functional groups attached to an aromatic ring is 1. The molecule has 1 aliphatic heterocycles. The number of phosphoric ester groups is 1. The van der Waals surface area contributed by atoms with Gasteiger partial charge in [0.1, 0.15) is 48.4 Å². The van der Waals surface area contributed by atoms with Crippen molar-refractivity contribution in [3.63, 3.8) is 0 Å². The van der Waals surface area contributed by atoms with E-state index in [1.807, 2.05) is 12.1 Å². The summed E-state index contributed by atoms with van der Waals surface area (Å²) < 4.78 is 62.7. The van der Waals surface area contributed by atoms with E-state index in [1.165, 1.54) is 113 Å². The van der Waals surface area contributed by atoms with Crippen LogP contribution in [0.5, 0.6) is 11.5 Å². The monoisotopic (exact) mass is 844 g/mol. The van der Waals surface area contributed by atoms with Crippen LogP contribution < -0.4 is 15.2 Å². The number of nitriles is 2. The zero-order chi connectivity index (χ0) is 42.5. The Labute approximate surface area is 344 Å². The van der Waals surface area contributed by atoms with E-state index in [0.29, 0.717) is 12.1 Å². The van der Waals surface area contributed by atoms with Crippen molar-refractivity contribution in [2.24, 2.45) is 0 Å². The van der Waals surface area contributed by atoms with Crippen LogP contribution in [0.1, 0.15) is 121 Å². The third kappa shape index (κ3) is 11.1. The Balaban J connectivity index is 1.08. The number of hydrogen-bond acceptors (Lipinski definition) is 14. The number of aliphatic hydroxyl groups excluding tert-OH is 1. The number of unbranched alkanes of at least 4 members (excludes halogenated alkanes) is 15. The molecule has 2 aromatic heterocycles. The van der Waals surface area contributed by atoms with Gasteiger partial charge in [-0.15, -0.1) is 0 Å². The molecule has 1 saturated carbocycles. The number of aromatic nitrogens is 3. The second kappa shape index (κ2) is 21.6. The maximum absolute atomic E-state index is 15.3. The molecule has 0 bridgehead atoms. The van der Waals surface area contributed by atoms with Crippen molar-refractivity contribution in [1.29, 1.82) is 10.5 Å². The average molecular weight is 845 g/mol. The minimum absolute atomic E-state index is 0.0469. The fraction of sp³-hybridized carbons (Fsp3) is 0.659. The molecule has 0 radical (unpaired) electrons. The standard InChI is InChI=1S/C41H58FN6O10P/c1-3-4-5-6-7-8-9-10-11-12-13-14-15-16-17-18-23-54-25-30(56-32-21-19-29(24-43)35(53-2)34(32)42)26-55-59(51,52)58-37-36-41(37,50)39(49)40(27-44,57-36)33-22-20-31-38(45)46-28-47-48(31)33/h19-22,28,30,36-37,39,49-50H,3-18,23,25-26H2,1-2H3,(H,51,52)(H2,45,46,47)/t30-,36-,37?,39+,40+,41+/m1/s1. The molecule has 3 aromatic rings. The van der Waals surface area contributed by atoms with Gasteiger partial charge in [0.15, 0.2) is 22.9 Å². The topological polar surface area (TPSA) is 237 Å². The highest BCUT2D eigenvalue weighted by atomic mass is 31.2. The molecule has 5 rings (SSSR count). The minimum atomic E-state index is -5.02. The third-order valence-electron chi connectivity index (χ3n) is 11.0. The van der Waals surface area contributed by atoms with Gasteiger partial charge in [-0.25, -0.2) is 14.1 Å². The molecule has 5 N–H and O–H groups in total. The summed E-state index contributed by atoms with van der Waals surface area (Å²) in [5.41, 5.74) is 1.81. The lowest BCUT2D eigenvalue weighted by molar-refractivity contribution is -0.106. The summed E-state index contributed by atoms with van der Waals surface area (Å²) in [4.78, 5) is 14.6. The number of nitrogens with zero attached hydrogens (tertiary/aromatic N) is 5. The highest BCUT2D eigenvalue weighted by Crippen LogP contribution is 2.63. The maximum atomic E-state index is 15.3. The molecular formula is C41H58FN6O10P. The van der Waals surface area contributed by atoms with E-state index in [9.17, 15) is 30.2 Å². The van der Waals surface area contributed by atoms with E-state index < -0.39 is 55.9 Å². The number of methoxy groups -OCH3 is 1. The lowest BCUT2D eigenvalue weighted by Gasteiger charge is -2.29. The van der Waals surface area contributed by atoms with E-state index in [2.05, 4.69) is 17.0 Å². The number of fused-ring (bicyclic) bond motifs is 2. The molecule has 1 saturated heterocycles. The highest BCUT2D eigenvalue weighted by Gasteiger charge is 2.83. The minimum Gasteiger partial charge on any atom is -0.492 e. The molecule has 0 spiro atoms. The van der Waals surface area contributed by atoms with Crippen LogP contribution in [0.2, 0.25) is 0 Å². The number of anilines is 1. The van der Waals surface area contributed by atoms with Gasteiger partial charge < -0.3 is 39.8 Å². The predicted octanol–water partition coefficient (Wildman–Crippen LogP) is 6.78. The highest BCUT2D eigenvalue weighted by molar-refractivity contribution is 7.47. The summed E-state index contributed by atoms with van der Waals surface area (Å²) in [6.07, 6.45) is 14.8. The zero-order valence-electron chi connectivity index (χ0n) is 34.0. The largest absolute Gasteiger partial charge is 0.492 e. The Hall–Kier alpha value is -3.90. The van der Waals surface area contributed by atoms with Crippen LogP contribution in [-0.2, 0) is 28.7 Å². The summed E-state index contributed by atoms with van der Waals surface area (Å²) >= 11 is 0. The lowest BCUT2D eigenvalue weighted by Crippen LogP contribution is -2.47. The summed E-state index contributed by atoms with van der Waals surface area (Å²) in [7, 11) is -3.81. The normalized spacial score (nSPS) is 23.6. The van der Waals surface area contributed by atoms with Crippen LogP contribution in [0, 0.1) is 28.5 Å². The van der Waals surface area contributed by atoms with Gasteiger partial charge in [0, 0.05) is 6.61 Å². The van der Waals surface area contributed by atoms with E-state index in [0.717, 1.165) is 32.0 Å². The average Bonchev–Trinajstić information content (AvgIpc) is 3.46. The van der Waals surface area contributed by atoms with Crippen LogP contribution >= 0.6 is 7.82 Å². The predicted molar refractivity (Wildman–Crippen MR) is 214 cm³/mol. The maximum Gasteiger partial charge on any atom is 0.472 e. The van der Waals surface area contributed by atoms with Crippen molar-refractivity contribution in [3.05, 3.63) is 47.7 Å². The number of benzene rings is 1. The van der Waals surface area contributed by atoms with Crippen molar-refractivity contribution in [3.8, 4) is 23.6 Å². The van der Waals surface area contributed by atoms with E-state index in [-0.39, 0.29) is 35.2 Å². The molecule has 18 heteroatoms. The van der Waals surface area contributed by atoms with Crippen LogP contribution in [0.3, 0.4) is 0 Å². The molecule has 2 aliphatic rings. The Morgan fingerprint density at radius 3 is 2.17 bits per heavy atom. The fourth-order valence-electron chi connectivity index (χ4n) is 7.64. The number of halogens is 1. The number of rotatable bonds is 28. The molecule has 2 unspecified atom stereocenters. The van der Waals surface area contributed by atoms with Crippen molar-refractivity contribution >= 4 is 19.2 Å². The van der Waals surface area contributed by atoms with Gasteiger partial charge in [-0.1, -0.05) is 103 Å². The van der Waals surface area contributed by atoms with Gasteiger partial charge in [0.2, 0.25) is 11.4 Å². The first-order valence-electron chi connectivity index (χ1n) is 20.7. The summed E-state index contributed by atoms with van der Waals surface area (Å²) in [5.74, 6) is -1.50. The summed E-state index contributed by atoms with van der Waals surface area (Å²) in [6, 6.07) is 9.22. The first-order valence-corrected chi connectivity index (χ1v) is 22.2. The van der Waals surface area contributed by atoms with Gasteiger partial charge in [-0.05, 0) is 30.7 Å². The Morgan fingerprint density at radius 2 is 1.61 bits per heavy atom. The molecule has 3 heterocycles. The second-order valence-electron chi connectivity index (χ2n) is 15.3. The number of hydrogen-bond donors (Lipinski definition) is 4. The van der Waals surface area contributed by atoms with Crippen molar-refractivity contribution in [1.82, 2.24) is 14.6 Å². The molecule has 0 amide bonds. The Bertz CT molecular complexity index is 1960. The van der Waals surface area contributed by atoms with Gasteiger partial charge in [0.25, 0.3) is 0 Å². The van der Waals surface area contributed by atoms with Crippen LogP contribution in [0.15, 0.2) is 30.6 Å². The van der Waals surface area contributed by atoms with Crippen LogP contribution in [-0.4, -0.2) is 86.7 Å². The first-order chi connectivity index (χ1) is 28.5. The van der Waals surface area contributed by atoms with E-state index in [4.69, 9.17) is 33.7 Å². The first kappa shape index (κ1) is 46.2. The van der Waals surface area contributed by atoms with Crippen molar-refractivity contribution < 1.29 is 52.1 Å². The van der Waals surface area contributed by atoms with Crippen LogP contribution in [0.25, 0.3) is 5.52 Å². The lowest BCUT2D eigenvalue weighted by atomic mass is 9.90. The molecule has 1 aromatic carbocycles. The van der Waals surface area contributed by atoms with Gasteiger partial charge in [0.05, 0.1) is 31.6 Å². The van der Waals surface area contributed by atoms with Gasteiger partial charge in [-0.2, -0.15) is 20.0 Å². The van der Waals surface area contributed by atoms with Gasteiger partial charge >= 0.3 is 7.82 Å². The van der Waals surface area contributed by atoms with Crippen molar-refractivity contribution in [2.75, 3.05) is 32.7 Å². The SMILES string of the molecule is CCCCCCCCCCCCCCCCCCOC[C@H](COP(=O)(O)OC1[C@H]2O[C@@](C#N)(c3ccc4c(N)ncnn34)[C@H](O)[C@@]12O)Oc1ccc(C#N)c(OC)c1F. The smallest absolute Gasteiger partial charge is 0.472 e. The van der Waals surface area contributed by atoms with Crippen molar-refractivity contribution in [2.45, 2.75) is 145 Å². The molecule has 324 valence electrons. The zero-order valence-corrected chi connectivity index (χ0v) is 34.9. The van der Waals surface area contributed by atoms with E-state index in [1.54, 1.807) is 0 Å². The molecular weight excluding hydrogens is 786 g/mol. The number of nitrogens with two attached hydrogens (primary N) is 1. The quantitative estimate of drug-likeness (QED) is 0.0435. The molecule has 7 atom stereocenters. The van der Waals surface area contributed by atoms with Crippen LogP contribution in [0.4, 0.5) is 10.2 Å². The number of aliphatic hydroxyl groups is 2. The Morgan fingerprint density at radius 1 is 0.983 bits per heavy atom. The number of ether oxygens (including phenoxy) is 4. The molecule has 59 heavy (non-hydrogen) atoms. The summed E-state index contributed by atoms with van der Waals surface area (Å²) in [6.45, 7) is 1.80. The van der Waals surface area contributed by atoms with Gasteiger partial charge in [-0.3, -0.25) is 9.05 Å². The molecule has 1 aliphatic carbocycles. The second-order valence-corrected chi connectivity index (χ2v) is 16.7. The Kier molecular flexibility index (Phi) is 16.9.